The Balaban J connectivity index is 1.87. The summed E-state index contributed by atoms with van der Waals surface area (Å²) in [7, 11) is 0. The first-order valence-corrected chi connectivity index (χ1v) is 5.54. The van der Waals surface area contributed by atoms with Crippen LogP contribution in [0.4, 0.5) is 5.82 Å². The van der Waals surface area contributed by atoms with Crippen molar-refractivity contribution in [3.8, 4) is 0 Å². The number of hydrogen-bond donors (Lipinski definition) is 2. The minimum atomic E-state index is -0.202. The molecule has 3 rings (SSSR count). The van der Waals surface area contributed by atoms with E-state index in [1.807, 2.05) is 24.4 Å². The molecule has 0 aliphatic carbocycles. The van der Waals surface area contributed by atoms with Crippen LogP contribution in [0.1, 0.15) is 16.1 Å². The van der Waals surface area contributed by atoms with Gasteiger partial charge in [-0.2, -0.15) is 0 Å². The van der Waals surface area contributed by atoms with Gasteiger partial charge in [0.05, 0.1) is 0 Å². The highest BCUT2D eigenvalue weighted by atomic mass is 16.5. The van der Waals surface area contributed by atoms with Crippen molar-refractivity contribution in [2.45, 2.75) is 6.92 Å². The molecule has 5 heteroatoms. The fraction of sp³-hybridized carbons (Fsp3) is 0.0769. The first kappa shape index (κ1) is 10.6. The van der Waals surface area contributed by atoms with Crippen molar-refractivity contribution in [2.24, 2.45) is 0 Å². The number of carbonyl (C=O) groups excluding carboxylic acids is 1. The Morgan fingerprint density at radius 1 is 1.33 bits per heavy atom. The molecule has 0 atom stereocenters. The monoisotopic (exact) mass is 241 g/mol. The summed E-state index contributed by atoms with van der Waals surface area (Å²) in [6, 6.07) is 9.06. The van der Waals surface area contributed by atoms with Crippen LogP contribution < -0.4 is 5.32 Å². The van der Waals surface area contributed by atoms with Crippen molar-refractivity contribution in [2.75, 3.05) is 5.32 Å². The Morgan fingerprint density at radius 2 is 2.22 bits per heavy atom. The lowest BCUT2D eigenvalue weighted by Gasteiger charge is -2.01. The van der Waals surface area contributed by atoms with E-state index in [1.54, 1.807) is 19.1 Å². The molecular formula is C13H11N3O2. The van der Waals surface area contributed by atoms with Crippen LogP contribution in [0.15, 0.2) is 41.1 Å². The fourth-order valence-electron chi connectivity index (χ4n) is 1.81. The SMILES string of the molecule is Cc1cc(NC(=O)c2ccc3[nH]ccc3c2)no1. The summed E-state index contributed by atoms with van der Waals surface area (Å²) in [5, 5.41) is 7.40. The van der Waals surface area contributed by atoms with Crippen LogP contribution in [-0.4, -0.2) is 16.0 Å². The number of benzene rings is 1. The molecule has 3 aromatic rings. The summed E-state index contributed by atoms with van der Waals surface area (Å²) < 4.78 is 4.89. The van der Waals surface area contributed by atoms with Crippen molar-refractivity contribution in [1.29, 1.82) is 0 Å². The molecule has 90 valence electrons. The van der Waals surface area contributed by atoms with Gasteiger partial charge in [0, 0.05) is 28.7 Å². The van der Waals surface area contributed by atoms with Crippen molar-refractivity contribution >= 4 is 22.6 Å². The smallest absolute Gasteiger partial charge is 0.256 e. The Morgan fingerprint density at radius 3 is 3.00 bits per heavy atom. The zero-order valence-corrected chi connectivity index (χ0v) is 9.73. The van der Waals surface area contributed by atoms with Gasteiger partial charge in [-0.25, -0.2) is 0 Å². The van der Waals surface area contributed by atoms with Crippen molar-refractivity contribution in [3.05, 3.63) is 47.9 Å². The van der Waals surface area contributed by atoms with E-state index in [4.69, 9.17) is 4.52 Å². The summed E-state index contributed by atoms with van der Waals surface area (Å²) in [6.07, 6.45) is 1.84. The number of carbonyl (C=O) groups is 1. The van der Waals surface area contributed by atoms with E-state index in [-0.39, 0.29) is 5.91 Å². The average molecular weight is 241 g/mol. The molecule has 0 fully saturated rings. The molecule has 0 unspecified atom stereocenters. The van der Waals surface area contributed by atoms with Crippen LogP contribution in [-0.2, 0) is 0 Å². The van der Waals surface area contributed by atoms with E-state index >= 15 is 0 Å². The summed E-state index contributed by atoms with van der Waals surface area (Å²) in [4.78, 5) is 15.1. The van der Waals surface area contributed by atoms with Gasteiger partial charge in [-0.15, -0.1) is 0 Å². The maximum Gasteiger partial charge on any atom is 0.256 e. The van der Waals surface area contributed by atoms with Crippen molar-refractivity contribution in [1.82, 2.24) is 10.1 Å². The molecule has 18 heavy (non-hydrogen) atoms. The van der Waals surface area contributed by atoms with E-state index in [2.05, 4.69) is 15.5 Å². The molecule has 2 N–H and O–H groups in total. The second-order valence-electron chi connectivity index (χ2n) is 4.06. The Bertz CT molecular complexity index is 712. The number of hydrogen-bond acceptors (Lipinski definition) is 3. The molecule has 0 radical (unpaired) electrons. The second-order valence-corrected chi connectivity index (χ2v) is 4.06. The van der Waals surface area contributed by atoms with Gasteiger partial charge in [-0.1, -0.05) is 5.16 Å². The predicted molar refractivity (Wildman–Crippen MR) is 67.5 cm³/mol. The lowest BCUT2D eigenvalue weighted by Crippen LogP contribution is -2.11. The normalized spacial score (nSPS) is 10.7. The molecule has 2 heterocycles. The van der Waals surface area contributed by atoms with Gasteiger partial charge in [0.15, 0.2) is 5.82 Å². The summed E-state index contributed by atoms with van der Waals surface area (Å²) in [5.41, 5.74) is 1.59. The van der Waals surface area contributed by atoms with Crippen molar-refractivity contribution < 1.29 is 9.32 Å². The minimum Gasteiger partial charge on any atom is -0.361 e. The number of anilines is 1. The number of fused-ring (bicyclic) bond motifs is 1. The highest BCUT2D eigenvalue weighted by Crippen LogP contribution is 2.15. The number of rotatable bonds is 2. The zero-order chi connectivity index (χ0) is 12.5. The average Bonchev–Trinajstić information content (AvgIpc) is 2.96. The topological polar surface area (TPSA) is 70.9 Å². The largest absolute Gasteiger partial charge is 0.361 e. The minimum absolute atomic E-state index is 0.202. The van der Waals surface area contributed by atoms with Gasteiger partial charge in [0.25, 0.3) is 5.91 Å². The summed E-state index contributed by atoms with van der Waals surface area (Å²) in [6.45, 7) is 1.77. The molecule has 0 aliphatic heterocycles. The lowest BCUT2D eigenvalue weighted by molar-refractivity contribution is 0.102. The maximum absolute atomic E-state index is 12.0. The van der Waals surface area contributed by atoms with Gasteiger partial charge in [-0.05, 0) is 31.2 Å². The van der Waals surface area contributed by atoms with Crippen LogP contribution in [0.5, 0.6) is 0 Å². The first-order chi connectivity index (χ1) is 8.72. The highest BCUT2D eigenvalue weighted by Gasteiger charge is 2.09. The van der Waals surface area contributed by atoms with E-state index in [0.29, 0.717) is 17.1 Å². The van der Waals surface area contributed by atoms with Crippen LogP contribution >= 0.6 is 0 Å². The van der Waals surface area contributed by atoms with Gasteiger partial charge in [0.1, 0.15) is 5.76 Å². The third kappa shape index (κ3) is 1.86. The van der Waals surface area contributed by atoms with Gasteiger partial charge < -0.3 is 14.8 Å². The molecule has 0 bridgehead atoms. The number of amides is 1. The molecule has 1 amide bonds. The van der Waals surface area contributed by atoms with Gasteiger partial charge in [0.2, 0.25) is 0 Å². The first-order valence-electron chi connectivity index (χ1n) is 5.54. The second kappa shape index (κ2) is 4.03. The van der Waals surface area contributed by atoms with Crippen LogP contribution in [0, 0.1) is 6.92 Å². The number of nitrogens with one attached hydrogen (secondary N) is 2. The molecular weight excluding hydrogens is 230 g/mol. The van der Waals surface area contributed by atoms with Crippen molar-refractivity contribution in [3.63, 3.8) is 0 Å². The van der Waals surface area contributed by atoms with Crippen LogP contribution in [0.25, 0.3) is 10.9 Å². The third-order valence-electron chi connectivity index (χ3n) is 2.69. The Hall–Kier alpha value is -2.56. The quantitative estimate of drug-likeness (QED) is 0.724. The van der Waals surface area contributed by atoms with E-state index in [0.717, 1.165) is 10.9 Å². The zero-order valence-electron chi connectivity index (χ0n) is 9.73. The standard InChI is InChI=1S/C13H11N3O2/c1-8-6-12(16-18-8)15-13(17)10-2-3-11-9(7-10)4-5-14-11/h2-7,14H,1H3,(H,15,16,17). The Kier molecular flexibility index (Phi) is 2.37. The Labute approximate surface area is 103 Å². The maximum atomic E-state index is 12.0. The van der Waals surface area contributed by atoms with Gasteiger partial charge in [-0.3, -0.25) is 4.79 Å². The number of aromatic amines is 1. The number of nitrogens with zero attached hydrogens (tertiary/aromatic N) is 1. The van der Waals surface area contributed by atoms with E-state index in [1.165, 1.54) is 0 Å². The number of aryl methyl sites for hydroxylation is 1. The van der Waals surface area contributed by atoms with Crippen LogP contribution in [0.2, 0.25) is 0 Å². The van der Waals surface area contributed by atoms with E-state index in [9.17, 15) is 4.79 Å². The predicted octanol–water partition coefficient (Wildman–Crippen LogP) is 2.72. The summed E-state index contributed by atoms with van der Waals surface area (Å²) in [5.74, 6) is 0.879. The third-order valence-corrected chi connectivity index (χ3v) is 2.69. The number of aromatic nitrogens is 2. The highest BCUT2D eigenvalue weighted by molar-refractivity contribution is 6.05. The molecule has 0 saturated carbocycles. The number of H-pyrrole nitrogens is 1. The molecule has 0 aliphatic rings. The van der Waals surface area contributed by atoms with Gasteiger partial charge >= 0.3 is 0 Å². The van der Waals surface area contributed by atoms with E-state index < -0.39 is 0 Å². The fourth-order valence-corrected chi connectivity index (χ4v) is 1.81. The summed E-state index contributed by atoms with van der Waals surface area (Å²) >= 11 is 0. The molecule has 5 nitrogen and oxygen atoms in total. The molecule has 0 spiro atoms. The van der Waals surface area contributed by atoms with Crippen LogP contribution in [0.3, 0.4) is 0 Å². The molecule has 0 saturated heterocycles. The lowest BCUT2D eigenvalue weighted by atomic mass is 10.1. The molecule has 2 aromatic heterocycles. The molecule has 1 aromatic carbocycles.